The van der Waals surface area contributed by atoms with Crippen LogP contribution < -0.4 is 16.0 Å². The first kappa shape index (κ1) is 34.0. The predicted octanol–water partition coefficient (Wildman–Crippen LogP) is 4.40. The summed E-state index contributed by atoms with van der Waals surface area (Å²) in [5, 5.41) is 20.2. The largest absolute Gasteiger partial charge is 0.379 e. The van der Waals surface area contributed by atoms with Crippen molar-refractivity contribution >= 4 is 25.3 Å². The number of nitrogens with one attached hydrogen (secondary N) is 3. The fraction of sp³-hybridized carbons (Fsp3) is 0.645. The van der Waals surface area contributed by atoms with Crippen molar-refractivity contribution in [3.63, 3.8) is 0 Å². The van der Waals surface area contributed by atoms with E-state index in [1.165, 1.54) is 0 Å². The van der Waals surface area contributed by atoms with Gasteiger partial charge in [-0.1, -0.05) is 56.3 Å². The van der Waals surface area contributed by atoms with Crippen molar-refractivity contribution in [3.8, 4) is 0 Å². The highest BCUT2D eigenvalue weighted by molar-refractivity contribution is 7.54. The van der Waals surface area contributed by atoms with E-state index >= 15 is 0 Å². The monoisotopic (exact) mass is 605 g/mol. The van der Waals surface area contributed by atoms with Crippen LogP contribution in [-0.4, -0.2) is 60.5 Å². The fourth-order valence-corrected chi connectivity index (χ4v) is 7.59. The molecule has 3 unspecified atom stereocenters. The third kappa shape index (κ3) is 8.75. The van der Waals surface area contributed by atoms with Gasteiger partial charge in [0.1, 0.15) is 6.04 Å². The van der Waals surface area contributed by atoms with Crippen molar-refractivity contribution in [2.24, 2.45) is 11.3 Å². The molecule has 5 atom stereocenters. The summed E-state index contributed by atoms with van der Waals surface area (Å²) in [6.07, 6.45) is 7.29. The van der Waals surface area contributed by atoms with Gasteiger partial charge in [0.05, 0.1) is 30.6 Å². The molecule has 0 bridgehead atoms. The number of aliphatic hydroxyl groups excluding tert-OH is 1. The normalized spacial score (nSPS) is 28.0. The molecule has 10 nitrogen and oxygen atoms in total. The smallest absolute Gasteiger partial charge is 0.360 e. The van der Waals surface area contributed by atoms with Crippen LogP contribution in [0.5, 0.6) is 0 Å². The summed E-state index contributed by atoms with van der Waals surface area (Å²) in [5.74, 6) is -3.06. The van der Waals surface area contributed by atoms with Crippen molar-refractivity contribution in [2.75, 3.05) is 19.8 Å². The number of aliphatic hydroxyl groups is 1. The first-order valence-electron chi connectivity index (χ1n) is 15.2. The third-order valence-electron chi connectivity index (χ3n) is 8.01. The van der Waals surface area contributed by atoms with Crippen LogP contribution in [0.25, 0.3) is 0 Å². The lowest BCUT2D eigenvalue weighted by Crippen LogP contribution is -2.55. The van der Waals surface area contributed by atoms with Crippen LogP contribution in [0.4, 0.5) is 0 Å². The maximum atomic E-state index is 13.9. The Balaban J connectivity index is 2.04. The Hall–Kier alpha value is -2.52. The van der Waals surface area contributed by atoms with E-state index < -0.39 is 42.8 Å². The van der Waals surface area contributed by atoms with Gasteiger partial charge in [0.15, 0.2) is 5.85 Å². The van der Waals surface area contributed by atoms with Gasteiger partial charge in [0.25, 0.3) is 0 Å². The van der Waals surface area contributed by atoms with Gasteiger partial charge in [-0.05, 0) is 70.3 Å². The zero-order valence-electron chi connectivity index (χ0n) is 25.3. The number of benzene rings is 1. The summed E-state index contributed by atoms with van der Waals surface area (Å²) in [4.78, 5) is 40.8. The number of hydrogen-bond acceptors (Lipinski definition) is 7. The van der Waals surface area contributed by atoms with E-state index in [0.717, 1.165) is 18.4 Å². The number of amides is 3. The molecule has 0 radical (unpaired) electrons. The maximum Gasteiger partial charge on any atom is 0.360 e. The Morgan fingerprint density at radius 3 is 2.31 bits per heavy atom. The molecule has 0 aromatic heterocycles. The number of allylic oxidation sites excluding steroid dienone is 2. The topological polar surface area (TPSA) is 143 Å². The molecule has 42 heavy (non-hydrogen) atoms. The average molecular weight is 606 g/mol. The molecule has 11 heteroatoms. The number of rotatable bonds is 9. The molecule has 0 aliphatic carbocycles. The van der Waals surface area contributed by atoms with Crippen LogP contribution in [0, 0.1) is 11.3 Å². The molecule has 1 saturated heterocycles. The summed E-state index contributed by atoms with van der Waals surface area (Å²) < 4.78 is 24.6. The van der Waals surface area contributed by atoms with Crippen LogP contribution in [-0.2, 0) is 28.0 Å². The molecule has 2 aliphatic heterocycles. The second-order valence-corrected chi connectivity index (χ2v) is 13.8. The minimum Gasteiger partial charge on any atom is -0.379 e. The Kier molecular flexibility index (Phi) is 12.8. The SMILES string of the molecule is CCOP(=O)(OCC)C(O)[C@@H]1CC2(C/C=C/CCCC(c3ccccc3)C(=O)N[C@@H](CC(C)C)C(=O)N1)CCNC2=O. The second-order valence-electron chi connectivity index (χ2n) is 11.7. The van der Waals surface area contributed by atoms with Gasteiger partial charge in [0.2, 0.25) is 17.7 Å². The molecule has 234 valence electrons. The van der Waals surface area contributed by atoms with Crippen molar-refractivity contribution < 1.29 is 33.1 Å². The van der Waals surface area contributed by atoms with Crippen molar-refractivity contribution in [2.45, 2.75) is 96.5 Å². The van der Waals surface area contributed by atoms with E-state index in [1.54, 1.807) is 13.8 Å². The summed E-state index contributed by atoms with van der Waals surface area (Å²) >= 11 is 0. The standard InChI is InChI=1S/C31H48N3O7P/c1-5-40-42(39,41-6-2)29(37)26-21-31(18-19-32-30(31)38)17-13-8-7-12-16-24(23-14-10-9-11-15-23)27(35)33-25(20-22(3)4)28(36)34-26/h8-11,13-15,22,24-26,29,37H,5-7,12,16-21H2,1-4H3,(H,32,38)(H,33,35)(H,34,36)/b13-8+/t24?,25-,26-,29?,31?/m0/s1. The summed E-state index contributed by atoms with van der Waals surface area (Å²) in [7, 11) is -4.09. The van der Waals surface area contributed by atoms with Crippen LogP contribution in [0.1, 0.15) is 84.1 Å². The summed E-state index contributed by atoms with van der Waals surface area (Å²) in [6, 6.07) is 7.47. The quantitative estimate of drug-likeness (QED) is 0.241. The van der Waals surface area contributed by atoms with E-state index in [4.69, 9.17) is 9.05 Å². The Morgan fingerprint density at radius 2 is 1.71 bits per heavy atom. The molecule has 3 rings (SSSR count). The van der Waals surface area contributed by atoms with Crippen LogP contribution in [0.2, 0.25) is 0 Å². The van der Waals surface area contributed by atoms with E-state index in [0.29, 0.717) is 32.2 Å². The Labute approximate surface area is 249 Å². The molecule has 2 heterocycles. The minimum absolute atomic E-state index is 0.0230. The second kappa shape index (κ2) is 15.8. The minimum atomic E-state index is -4.09. The summed E-state index contributed by atoms with van der Waals surface area (Å²) in [6.45, 7) is 7.70. The van der Waals surface area contributed by atoms with Crippen molar-refractivity contribution in [3.05, 3.63) is 48.0 Å². The third-order valence-corrected chi connectivity index (χ3v) is 10.3. The molecular formula is C31H48N3O7P. The molecule has 0 saturated carbocycles. The van der Waals surface area contributed by atoms with Crippen molar-refractivity contribution in [1.29, 1.82) is 0 Å². The lowest BCUT2D eigenvalue weighted by atomic mass is 9.77. The van der Waals surface area contributed by atoms with Gasteiger partial charge < -0.3 is 30.1 Å². The number of hydrogen-bond donors (Lipinski definition) is 4. The first-order valence-corrected chi connectivity index (χ1v) is 16.8. The van der Waals surface area contributed by atoms with Gasteiger partial charge in [-0.3, -0.25) is 18.9 Å². The summed E-state index contributed by atoms with van der Waals surface area (Å²) in [5.41, 5.74) is -0.0568. The zero-order chi connectivity index (χ0) is 30.8. The highest BCUT2D eigenvalue weighted by Gasteiger charge is 2.49. The lowest BCUT2D eigenvalue weighted by molar-refractivity contribution is -0.132. The lowest BCUT2D eigenvalue weighted by Gasteiger charge is -2.36. The fourth-order valence-electron chi connectivity index (χ4n) is 5.87. The predicted molar refractivity (Wildman–Crippen MR) is 162 cm³/mol. The highest BCUT2D eigenvalue weighted by Crippen LogP contribution is 2.54. The highest BCUT2D eigenvalue weighted by atomic mass is 31.2. The Bertz CT molecular complexity index is 1120. The molecule has 2 aliphatic rings. The van der Waals surface area contributed by atoms with Gasteiger partial charge in [0, 0.05) is 6.54 Å². The Morgan fingerprint density at radius 1 is 1.02 bits per heavy atom. The molecule has 4 N–H and O–H groups in total. The zero-order valence-corrected chi connectivity index (χ0v) is 26.2. The van der Waals surface area contributed by atoms with Gasteiger partial charge in [-0.15, -0.1) is 0 Å². The van der Waals surface area contributed by atoms with Gasteiger partial charge >= 0.3 is 7.60 Å². The number of carbonyl (C=O) groups excluding carboxylic acids is 3. The molecule has 1 aromatic carbocycles. The maximum absolute atomic E-state index is 13.9. The molecule has 1 fully saturated rings. The molecule has 3 amide bonds. The van der Waals surface area contributed by atoms with E-state index in [2.05, 4.69) is 16.0 Å². The first-order chi connectivity index (χ1) is 20.0. The van der Waals surface area contributed by atoms with Crippen molar-refractivity contribution in [1.82, 2.24) is 16.0 Å². The van der Waals surface area contributed by atoms with E-state index in [9.17, 15) is 24.1 Å². The van der Waals surface area contributed by atoms with E-state index in [-0.39, 0.29) is 37.4 Å². The average Bonchev–Trinajstić information content (AvgIpc) is 3.30. The van der Waals surface area contributed by atoms with Gasteiger partial charge in [-0.25, -0.2) is 0 Å². The molecular weight excluding hydrogens is 557 g/mol. The molecule has 1 spiro atoms. The number of carbonyl (C=O) groups is 3. The molecule has 1 aromatic rings. The van der Waals surface area contributed by atoms with Crippen LogP contribution in [0.15, 0.2) is 42.5 Å². The van der Waals surface area contributed by atoms with Crippen LogP contribution >= 0.6 is 7.60 Å². The van der Waals surface area contributed by atoms with Gasteiger partial charge in [-0.2, -0.15) is 0 Å². The van der Waals surface area contributed by atoms with Crippen LogP contribution in [0.3, 0.4) is 0 Å². The van der Waals surface area contributed by atoms with E-state index in [1.807, 2.05) is 56.3 Å².